The van der Waals surface area contributed by atoms with Gasteiger partial charge in [0.05, 0.1) is 7.11 Å². The number of hydrogen-bond acceptors (Lipinski definition) is 6. The van der Waals surface area contributed by atoms with Crippen LogP contribution < -0.4 is 10.2 Å². The summed E-state index contributed by atoms with van der Waals surface area (Å²) in [4.78, 5) is 29.9. The minimum absolute atomic E-state index is 0.0546. The zero-order valence-electron chi connectivity index (χ0n) is 10.4. The molecule has 7 heteroatoms. The molecule has 0 bridgehead atoms. The zero-order valence-corrected chi connectivity index (χ0v) is 11.2. The van der Waals surface area contributed by atoms with Gasteiger partial charge in [0.25, 0.3) is 0 Å². The molecule has 0 spiro atoms. The summed E-state index contributed by atoms with van der Waals surface area (Å²) in [5, 5.41) is 3.57. The number of aryl methyl sites for hydroxylation is 1. The quantitative estimate of drug-likeness (QED) is 0.795. The smallest absolute Gasteiger partial charge is 0.357 e. The van der Waals surface area contributed by atoms with Gasteiger partial charge >= 0.3 is 5.97 Å². The van der Waals surface area contributed by atoms with E-state index in [1.54, 1.807) is 0 Å². The number of aromatic nitrogens is 1. The Bertz CT molecular complexity index is 472. The molecule has 1 aromatic heterocycles. The number of carbonyl (C=O) groups excluding carboxylic acids is 2. The maximum atomic E-state index is 11.5. The van der Waals surface area contributed by atoms with Crippen molar-refractivity contribution >= 4 is 28.3 Å². The van der Waals surface area contributed by atoms with Crippen molar-refractivity contribution in [1.82, 2.24) is 10.3 Å². The summed E-state index contributed by atoms with van der Waals surface area (Å²) in [5.41, 5.74) is 0.362. The molecule has 0 atom stereocenters. The molecule has 0 unspecified atom stereocenters. The molecule has 1 fully saturated rings. The van der Waals surface area contributed by atoms with Crippen molar-refractivity contribution in [2.75, 3.05) is 31.6 Å². The van der Waals surface area contributed by atoms with Crippen LogP contribution in [0.25, 0.3) is 0 Å². The van der Waals surface area contributed by atoms with Crippen molar-refractivity contribution < 1.29 is 14.3 Å². The van der Waals surface area contributed by atoms with Gasteiger partial charge in [0.1, 0.15) is 0 Å². The highest BCUT2D eigenvalue weighted by Crippen LogP contribution is 2.26. The van der Waals surface area contributed by atoms with E-state index in [1.165, 1.54) is 18.4 Å². The summed E-state index contributed by atoms with van der Waals surface area (Å²) in [6, 6.07) is 0. The Hall–Kier alpha value is -1.63. The lowest BCUT2D eigenvalue weighted by Gasteiger charge is -2.17. The van der Waals surface area contributed by atoms with Crippen LogP contribution in [0.15, 0.2) is 0 Å². The minimum Gasteiger partial charge on any atom is -0.464 e. The predicted molar refractivity (Wildman–Crippen MR) is 68.0 cm³/mol. The molecule has 98 valence electrons. The Morgan fingerprint density at radius 3 is 3.00 bits per heavy atom. The molecule has 1 aliphatic rings. The molecule has 1 amide bonds. The molecular formula is C11H15N3O3S. The number of nitrogens with one attached hydrogen (secondary N) is 1. The van der Waals surface area contributed by atoms with E-state index in [2.05, 4.69) is 15.0 Å². The van der Waals surface area contributed by atoms with Crippen molar-refractivity contribution in [3.63, 3.8) is 0 Å². The molecule has 0 aromatic carbocycles. The third-order valence-corrected chi connectivity index (χ3v) is 3.78. The second-order valence-corrected chi connectivity index (χ2v) is 5.16. The molecular weight excluding hydrogens is 254 g/mol. The Balaban J connectivity index is 2.18. The van der Waals surface area contributed by atoms with Crippen molar-refractivity contribution in [2.24, 2.45) is 0 Å². The van der Waals surface area contributed by atoms with Gasteiger partial charge < -0.3 is 15.0 Å². The Morgan fingerprint density at radius 1 is 1.50 bits per heavy atom. The molecule has 2 heterocycles. The van der Waals surface area contributed by atoms with Crippen LogP contribution in [0.4, 0.5) is 5.13 Å². The third kappa shape index (κ3) is 2.61. The number of hydrogen-bond donors (Lipinski definition) is 1. The Labute approximate surface area is 109 Å². The normalized spacial score (nSPS) is 16.1. The van der Waals surface area contributed by atoms with Gasteiger partial charge in [0.2, 0.25) is 5.91 Å². The van der Waals surface area contributed by atoms with Gasteiger partial charge in [-0.15, -0.1) is 11.3 Å². The van der Waals surface area contributed by atoms with Crippen LogP contribution in [0.1, 0.15) is 21.8 Å². The first-order valence-electron chi connectivity index (χ1n) is 5.69. The third-order valence-electron chi connectivity index (χ3n) is 2.75. The summed E-state index contributed by atoms with van der Waals surface area (Å²) >= 11 is 1.45. The summed E-state index contributed by atoms with van der Waals surface area (Å²) in [6.45, 7) is 3.78. The van der Waals surface area contributed by atoms with Crippen LogP contribution in [0, 0.1) is 6.92 Å². The van der Waals surface area contributed by atoms with Crippen molar-refractivity contribution in [2.45, 2.75) is 13.3 Å². The summed E-state index contributed by atoms with van der Waals surface area (Å²) in [5.74, 6) is -0.363. The molecule has 0 saturated carbocycles. The van der Waals surface area contributed by atoms with E-state index in [0.717, 1.165) is 10.0 Å². The standard InChI is InChI=1S/C11H15N3O3S/c1-7-9(10(16)17-2)13-11(18-7)14-5-3-8(15)12-4-6-14/h3-6H2,1-2H3,(H,12,15). The Kier molecular flexibility index (Phi) is 3.81. The summed E-state index contributed by atoms with van der Waals surface area (Å²) < 4.78 is 4.68. The van der Waals surface area contributed by atoms with Crippen LogP contribution in [0.5, 0.6) is 0 Å². The maximum Gasteiger partial charge on any atom is 0.357 e. The number of thiazole rings is 1. The molecule has 1 saturated heterocycles. The van der Waals surface area contributed by atoms with E-state index in [4.69, 9.17) is 0 Å². The number of nitrogens with zero attached hydrogens (tertiary/aromatic N) is 2. The molecule has 1 N–H and O–H groups in total. The van der Waals surface area contributed by atoms with E-state index < -0.39 is 5.97 Å². The minimum atomic E-state index is -0.418. The van der Waals surface area contributed by atoms with E-state index >= 15 is 0 Å². The number of ether oxygens (including phenoxy) is 1. The molecule has 1 aromatic rings. The van der Waals surface area contributed by atoms with Gasteiger partial charge in [-0.3, -0.25) is 4.79 Å². The van der Waals surface area contributed by atoms with E-state index in [0.29, 0.717) is 31.7 Å². The van der Waals surface area contributed by atoms with E-state index in [9.17, 15) is 9.59 Å². The zero-order chi connectivity index (χ0) is 13.1. The topological polar surface area (TPSA) is 71.5 Å². The second-order valence-electron chi connectivity index (χ2n) is 3.98. The number of methoxy groups -OCH3 is 1. The lowest BCUT2D eigenvalue weighted by atomic mass is 10.4. The fraction of sp³-hybridized carbons (Fsp3) is 0.545. The van der Waals surface area contributed by atoms with Crippen molar-refractivity contribution in [3.05, 3.63) is 10.6 Å². The monoisotopic (exact) mass is 269 g/mol. The van der Waals surface area contributed by atoms with Crippen LogP contribution in [-0.4, -0.2) is 43.6 Å². The molecule has 1 aliphatic heterocycles. The SMILES string of the molecule is COC(=O)c1nc(N2CCNC(=O)CC2)sc1C. The number of anilines is 1. The van der Waals surface area contributed by atoms with Crippen LogP contribution in [0.2, 0.25) is 0 Å². The highest BCUT2D eigenvalue weighted by molar-refractivity contribution is 7.15. The predicted octanol–water partition coefficient (Wildman–Crippen LogP) is 0.564. The average molecular weight is 269 g/mol. The number of esters is 1. The van der Waals surface area contributed by atoms with Gasteiger partial charge in [-0.1, -0.05) is 0 Å². The number of carbonyl (C=O) groups is 2. The highest BCUT2D eigenvalue weighted by Gasteiger charge is 2.21. The molecule has 0 radical (unpaired) electrons. The van der Waals surface area contributed by atoms with E-state index in [-0.39, 0.29) is 5.91 Å². The fourth-order valence-corrected chi connectivity index (χ4v) is 2.71. The second kappa shape index (κ2) is 5.34. The summed E-state index contributed by atoms with van der Waals surface area (Å²) in [6.07, 6.45) is 0.451. The van der Waals surface area contributed by atoms with Crippen LogP contribution >= 0.6 is 11.3 Å². The lowest BCUT2D eigenvalue weighted by molar-refractivity contribution is -0.120. The van der Waals surface area contributed by atoms with Crippen LogP contribution in [-0.2, 0) is 9.53 Å². The molecule has 6 nitrogen and oxygen atoms in total. The first-order chi connectivity index (χ1) is 8.61. The van der Waals surface area contributed by atoms with Crippen molar-refractivity contribution in [1.29, 1.82) is 0 Å². The van der Waals surface area contributed by atoms with Gasteiger partial charge in [-0.05, 0) is 6.92 Å². The molecule has 18 heavy (non-hydrogen) atoms. The van der Waals surface area contributed by atoms with E-state index in [1.807, 2.05) is 11.8 Å². The number of amides is 1. The fourth-order valence-electron chi connectivity index (χ4n) is 1.76. The van der Waals surface area contributed by atoms with Gasteiger partial charge in [-0.2, -0.15) is 0 Å². The van der Waals surface area contributed by atoms with Gasteiger partial charge in [0, 0.05) is 30.9 Å². The maximum absolute atomic E-state index is 11.5. The largest absolute Gasteiger partial charge is 0.464 e. The first-order valence-corrected chi connectivity index (χ1v) is 6.51. The average Bonchev–Trinajstić information content (AvgIpc) is 2.60. The van der Waals surface area contributed by atoms with Gasteiger partial charge in [-0.25, -0.2) is 9.78 Å². The number of rotatable bonds is 2. The molecule has 2 rings (SSSR count). The van der Waals surface area contributed by atoms with Crippen LogP contribution in [0.3, 0.4) is 0 Å². The first kappa shape index (κ1) is 12.8. The summed E-state index contributed by atoms with van der Waals surface area (Å²) in [7, 11) is 1.34. The highest BCUT2D eigenvalue weighted by atomic mass is 32.1. The lowest BCUT2D eigenvalue weighted by Crippen LogP contribution is -2.28. The van der Waals surface area contributed by atoms with Crippen molar-refractivity contribution in [3.8, 4) is 0 Å². The molecule has 0 aliphatic carbocycles. The van der Waals surface area contributed by atoms with Gasteiger partial charge in [0.15, 0.2) is 10.8 Å². The Morgan fingerprint density at radius 2 is 2.28 bits per heavy atom.